The van der Waals surface area contributed by atoms with E-state index in [9.17, 15) is 13.2 Å². The maximum absolute atomic E-state index is 10.8. The van der Waals surface area contributed by atoms with Crippen LogP contribution in [-0.2, 0) is 9.05 Å². The molecule has 1 rings (SSSR count). The fourth-order valence-electron chi connectivity index (χ4n) is 1.66. The van der Waals surface area contributed by atoms with Crippen LogP contribution in [0.15, 0.2) is 0 Å². The Morgan fingerprint density at radius 1 is 1.57 bits per heavy atom. The number of rotatable bonds is 2. The minimum Gasteiger partial charge on any atom is -0.465 e. The lowest BCUT2D eigenvalue weighted by molar-refractivity contribution is 0.123. The van der Waals surface area contributed by atoms with Gasteiger partial charge in [-0.15, -0.1) is 0 Å². The van der Waals surface area contributed by atoms with Crippen molar-refractivity contribution >= 4 is 25.8 Å². The predicted molar refractivity (Wildman–Crippen MR) is 52.0 cm³/mol. The molecule has 14 heavy (non-hydrogen) atoms. The van der Waals surface area contributed by atoms with Gasteiger partial charge in [-0.25, -0.2) is 13.2 Å². The molecule has 1 heterocycles. The molecule has 1 atom stereocenters. The molecule has 7 heteroatoms. The highest BCUT2D eigenvalue weighted by atomic mass is 35.7. The van der Waals surface area contributed by atoms with Crippen molar-refractivity contribution in [2.45, 2.75) is 12.8 Å². The first-order valence-electron chi connectivity index (χ1n) is 4.28. The van der Waals surface area contributed by atoms with Crippen LogP contribution >= 0.6 is 10.7 Å². The van der Waals surface area contributed by atoms with E-state index in [1.54, 1.807) is 0 Å². The van der Waals surface area contributed by atoms with Gasteiger partial charge in [0.1, 0.15) is 0 Å². The van der Waals surface area contributed by atoms with Crippen LogP contribution in [0.3, 0.4) is 0 Å². The molecule has 0 aromatic carbocycles. The molecule has 0 bridgehead atoms. The zero-order chi connectivity index (χ0) is 10.8. The molecule has 1 aliphatic rings. The molecular formula is C7H12ClNO4S. The highest BCUT2D eigenvalue weighted by Gasteiger charge is 2.26. The first-order valence-corrected chi connectivity index (χ1v) is 6.76. The van der Waals surface area contributed by atoms with Crippen molar-refractivity contribution in [2.24, 2.45) is 5.92 Å². The molecule has 1 unspecified atom stereocenters. The molecule has 1 fully saturated rings. The second kappa shape index (κ2) is 4.35. The zero-order valence-corrected chi connectivity index (χ0v) is 9.09. The van der Waals surface area contributed by atoms with Crippen LogP contribution < -0.4 is 0 Å². The minimum atomic E-state index is -3.52. The number of nitrogens with zero attached hydrogens (tertiary/aromatic N) is 1. The van der Waals surface area contributed by atoms with E-state index < -0.39 is 15.1 Å². The molecular weight excluding hydrogens is 230 g/mol. The summed E-state index contributed by atoms with van der Waals surface area (Å²) >= 11 is 0. The third kappa shape index (κ3) is 3.71. The van der Waals surface area contributed by atoms with Crippen molar-refractivity contribution in [3.8, 4) is 0 Å². The van der Waals surface area contributed by atoms with Crippen molar-refractivity contribution in [1.82, 2.24) is 4.90 Å². The van der Waals surface area contributed by atoms with Gasteiger partial charge in [0.25, 0.3) is 0 Å². The number of carbonyl (C=O) groups is 1. The van der Waals surface area contributed by atoms with E-state index in [0.717, 1.165) is 6.42 Å². The van der Waals surface area contributed by atoms with Crippen LogP contribution in [0.1, 0.15) is 12.8 Å². The highest BCUT2D eigenvalue weighted by Crippen LogP contribution is 2.19. The second-order valence-electron chi connectivity index (χ2n) is 3.44. The number of hydrogen-bond donors (Lipinski definition) is 1. The fraction of sp³-hybridized carbons (Fsp3) is 0.857. The van der Waals surface area contributed by atoms with Crippen LogP contribution in [0.5, 0.6) is 0 Å². The van der Waals surface area contributed by atoms with Gasteiger partial charge in [0.15, 0.2) is 0 Å². The van der Waals surface area contributed by atoms with Crippen molar-refractivity contribution in [1.29, 1.82) is 0 Å². The molecule has 0 saturated carbocycles. The van der Waals surface area contributed by atoms with Gasteiger partial charge in [0, 0.05) is 23.8 Å². The number of hydrogen-bond acceptors (Lipinski definition) is 3. The van der Waals surface area contributed by atoms with Crippen molar-refractivity contribution < 1.29 is 18.3 Å². The van der Waals surface area contributed by atoms with Crippen molar-refractivity contribution in [3.63, 3.8) is 0 Å². The van der Waals surface area contributed by atoms with E-state index in [4.69, 9.17) is 15.8 Å². The maximum atomic E-state index is 10.8. The zero-order valence-electron chi connectivity index (χ0n) is 7.52. The molecule has 0 aromatic heterocycles. The van der Waals surface area contributed by atoms with Gasteiger partial charge in [-0.3, -0.25) is 0 Å². The summed E-state index contributed by atoms with van der Waals surface area (Å²) in [6.45, 7) is 0.745. The summed E-state index contributed by atoms with van der Waals surface area (Å²) in [5.41, 5.74) is 0. The van der Waals surface area contributed by atoms with Crippen molar-refractivity contribution in [2.75, 3.05) is 18.8 Å². The van der Waals surface area contributed by atoms with Crippen LogP contribution in [0.25, 0.3) is 0 Å². The molecule has 1 amide bonds. The smallest absolute Gasteiger partial charge is 0.407 e. The average molecular weight is 242 g/mol. The summed E-state index contributed by atoms with van der Waals surface area (Å²) in [7, 11) is 1.58. The van der Waals surface area contributed by atoms with Gasteiger partial charge in [0.05, 0.1) is 5.75 Å². The van der Waals surface area contributed by atoms with Gasteiger partial charge in [-0.1, -0.05) is 0 Å². The molecule has 0 aromatic rings. The summed E-state index contributed by atoms with van der Waals surface area (Å²) in [5, 5.41) is 8.70. The number of amides is 1. The van der Waals surface area contributed by atoms with Crippen LogP contribution in [0.2, 0.25) is 0 Å². The lowest BCUT2D eigenvalue weighted by Gasteiger charge is -2.29. The van der Waals surface area contributed by atoms with E-state index in [0.29, 0.717) is 13.0 Å². The molecule has 5 nitrogen and oxygen atoms in total. The number of piperidine rings is 1. The standard InChI is InChI=1S/C7H12ClNO4S/c8-14(12,13)5-6-2-1-3-9(4-6)7(10)11/h6H,1-5H2,(H,10,11). The van der Waals surface area contributed by atoms with E-state index in [1.165, 1.54) is 4.90 Å². The Bertz CT molecular complexity index is 316. The second-order valence-corrected chi connectivity index (χ2v) is 6.26. The first kappa shape index (κ1) is 11.6. The number of halogens is 1. The van der Waals surface area contributed by atoms with Gasteiger partial charge in [0.2, 0.25) is 9.05 Å². The van der Waals surface area contributed by atoms with Crippen LogP contribution in [0.4, 0.5) is 4.79 Å². The molecule has 1 aliphatic heterocycles. The number of likely N-dealkylation sites (tertiary alicyclic amines) is 1. The summed E-state index contributed by atoms with van der Waals surface area (Å²) in [6, 6.07) is 0. The molecule has 0 spiro atoms. The lowest BCUT2D eigenvalue weighted by Crippen LogP contribution is -2.40. The van der Waals surface area contributed by atoms with Gasteiger partial charge in [-0.2, -0.15) is 0 Å². The summed E-state index contributed by atoms with van der Waals surface area (Å²) in [4.78, 5) is 11.8. The van der Waals surface area contributed by atoms with E-state index in [1.807, 2.05) is 0 Å². The molecule has 0 aliphatic carbocycles. The fourth-order valence-corrected chi connectivity index (χ4v) is 3.03. The summed E-state index contributed by atoms with van der Waals surface area (Å²) in [6.07, 6.45) is 0.417. The maximum Gasteiger partial charge on any atom is 0.407 e. The Balaban J connectivity index is 2.52. The van der Waals surface area contributed by atoms with E-state index in [-0.39, 0.29) is 18.2 Å². The summed E-state index contributed by atoms with van der Waals surface area (Å²) in [5.74, 6) is -0.305. The third-order valence-electron chi connectivity index (χ3n) is 2.22. The van der Waals surface area contributed by atoms with Crippen LogP contribution in [-0.4, -0.2) is 43.4 Å². The third-order valence-corrected chi connectivity index (χ3v) is 3.47. The lowest BCUT2D eigenvalue weighted by atomic mass is 10.0. The predicted octanol–water partition coefficient (Wildman–Crippen LogP) is 0.945. The van der Waals surface area contributed by atoms with E-state index in [2.05, 4.69) is 0 Å². The van der Waals surface area contributed by atoms with Gasteiger partial charge in [-0.05, 0) is 18.8 Å². The molecule has 82 valence electrons. The molecule has 1 saturated heterocycles. The Morgan fingerprint density at radius 3 is 2.71 bits per heavy atom. The topological polar surface area (TPSA) is 74.7 Å². The summed E-state index contributed by atoms with van der Waals surface area (Å²) < 4.78 is 21.6. The van der Waals surface area contributed by atoms with Crippen LogP contribution in [0, 0.1) is 5.92 Å². The van der Waals surface area contributed by atoms with E-state index >= 15 is 0 Å². The Kier molecular flexibility index (Phi) is 3.60. The number of carboxylic acid groups (broad SMARTS) is 1. The highest BCUT2D eigenvalue weighted by molar-refractivity contribution is 8.13. The largest absolute Gasteiger partial charge is 0.465 e. The monoisotopic (exact) mass is 241 g/mol. The van der Waals surface area contributed by atoms with Gasteiger partial charge >= 0.3 is 6.09 Å². The minimum absolute atomic E-state index is 0.141. The quantitative estimate of drug-likeness (QED) is 0.731. The Hall–Kier alpha value is -0.490. The van der Waals surface area contributed by atoms with Gasteiger partial charge < -0.3 is 10.0 Å². The Labute approximate surface area is 87.1 Å². The average Bonchev–Trinajstić information content (AvgIpc) is 2.01. The first-order chi connectivity index (χ1) is 6.38. The van der Waals surface area contributed by atoms with Crippen molar-refractivity contribution in [3.05, 3.63) is 0 Å². The Morgan fingerprint density at radius 2 is 2.21 bits per heavy atom. The normalized spacial score (nSPS) is 23.5. The molecule has 1 N–H and O–H groups in total. The molecule has 0 radical (unpaired) electrons. The SMILES string of the molecule is O=C(O)N1CCCC(CS(=O)(=O)Cl)C1.